The van der Waals surface area contributed by atoms with Gasteiger partial charge in [-0.3, -0.25) is 10.1 Å². The summed E-state index contributed by atoms with van der Waals surface area (Å²) in [5.41, 5.74) is 1.18. The van der Waals surface area contributed by atoms with Gasteiger partial charge in [0.15, 0.2) is 0 Å². The summed E-state index contributed by atoms with van der Waals surface area (Å²) in [6, 6.07) is 10.8. The number of nitro benzene ring substituents is 1. The van der Waals surface area contributed by atoms with E-state index in [2.05, 4.69) is 12.2 Å². The van der Waals surface area contributed by atoms with Crippen molar-refractivity contribution in [1.82, 2.24) is 5.32 Å². The molecule has 0 aliphatic heterocycles. The first kappa shape index (κ1) is 15.0. The van der Waals surface area contributed by atoms with Crippen molar-refractivity contribution in [3.05, 3.63) is 61.3 Å². The van der Waals surface area contributed by atoms with Crippen molar-refractivity contribution in [2.24, 2.45) is 0 Å². The van der Waals surface area contributed by atoms with Gasteiger partial charge >= 0.3 is 0 Å². The molecule has 0 aliphatic carbocycles. The zero-order chi connectivity index (χ0) is 14.5. The highest BCUT2D eigenvalue weighted by atomic mass is 35.5. The van der Waals surface area contributed by atoms with Crippen molar-refractivity contribution in [3.63, 3.8) is 0 Å². The van der Waals surface area contributed by atoms with E-state index in [1.165, 1.54) is 4.88 Å². The number of nitro groups is 1. The molecule has 2 rings (SSSR count). The smallest absolute Gasteiger partial charge is 0.269 e. The van der Waals surface area contributed by atoms with E-state index < -0.39 is 0 Å². The Bertz CT molecular complexity index is 583. The third-order valence-corrected chi connectivity index (χ3v) is 4.32. The molecule has 106 valence electrons. The van der Waals surface area contributed by atoms with Gasteiger partial charge in [0.1, 0.15) is 0 Å². The summed E-state index contributed by atoms with van der Waals surface area (Å²) in [6.45, 7) is 2.91. The monoisotopic (exact) mass is 310 g/mol. The summed E-state index contributed by atoms with van der Waals surface area (Å²) in [7, 11) is 0. The Balaban J connectivity index is 2.13. The van der Waals surface area contributed by atoms with Crippen LogP contribution in [0.4, 0.5) is 5.69 Å². The van der Waals surface area contributed by atoms with Crippen LogP contribution >= 0.6 is 22.9 Å². The normalized spacial score (nSPS) is 12.3. The predicted octanol–water partition coefficient (Wildman–Crippen LogP) is 4.20. The Morgan fingerprint density at radius 1 is 1.30 bits per heavy atom. The summed E-state index contributed by atoms with van der Waals surface area (Å²) >= 11 is 7.54. The van der Waals surface area contributed by atoms with Crippen LogP contribution < -0.4 is 5.32 Å². The average molecular weight is 311 g/mol. The van der Waals surface area contributed by atoms with Crippen LogP contribution in [0.2, 0.25) is 4.34 Å². The number of halogens is 1. The highest BCUT2D eigenvalue weighted by Gasteiger charge is 2.14. The molecule has 0 bridgehead atoms. The molecule has 0 saturated heterocycles. The van der Waals surface area contributed by atoms with Crippen LogP contribution in [0.1, 0.15) is 23.4 Å². The molecule has 0 aliphatic rings. The highest BCUT2D eigenvalue weighted by Crippen LogP contribution is 2.29. The van der Waals surface area contributed by atoms with Crippen molar-refractivity contribution < 1.29 is 4.92 Å². The van der Waals surface area contributed by atoms with E-state index in [0.29, 0.717) is 0 Å². The lowest BCUT2D eigenvalue weighted by molar-refractivity contribution is -0.384. The minimum Gasteiger partial charge on any atom is -0.309 e. The van der Waals surface area contributed by atoms with E-state index in [1.54, 1.807) is 35.6 Å². The van der Waals surface area contributed by atoms with Gasteiger partial charge in [-0.15, -0.1) is 11.3 Å². The van der Waals surface area contributed by atoms with E-state index in [4.69, 9.17) is 11.6 Å². The summed E-state index contributed by atoms with van der Waals surface area (Å²) < 4.78 is 0.770. The van der Waals surface area contributed by atoms with Gasteiger partial charge in [0.05, 0.1) is 9.26 Å². The highest BCUT2D eigenvalue weighted by molar-refractivity contribution is 7.16. The number of benzene rings is 1. The molecule has 4 nitrogen and oxygen atoms in total. The summed E-state index contributed by atoms with van der Waals surface area (Å²) in [5.74, 6) is 0. The zero-order valence-electron chi connectivity index (χ0n) is 11.0. The third kappa shape index (κ3) is 3.79. The number of non-ortho nitro benzene ring substituents is 1. The molecule has 0 spiro atoms. The first-order valence-corrected chi connectivity index (χ1v) is 7.51. The minimum absolute atomic E-state index is 0.118. The van der Waals surface area contributed by atoms with E-state index in [-0.39, 0.29) is 16.7 Å². The van der Waals surface area contributed by atoms with Gasteiger partial charge in [-0.05, 0) is 30.7 Å². The lowest BCUT2D eigenvalue weighted by atomic mass is 10.0. The fourth-order valence-corrected chi connectivity index (χ4v) is 3.16. The number of nitrogens with zero attached hydrogens (tertiary/aromatic N) is 1. The van der Waals surface area contributed by atoms with E-state index >= 15 is 0 Å². The van der Waals surface area contributed by atoms with Gasteiger partial charge < -0.3 is 5.32 Å². The third-order valence-electron chi connectivity index (χ3n) is 2.97. The average Bonchev–Trinajstić information content (AvgIpc) is 2.85. The number of nitrogens with one attached hydrogen (secondary N) is 1. The fourth-order valence-electron chi connectivity index (χ4n) is 2.02. The summed E-state index contributed by atoms with van der Waals surface area (Å²) in [5, 5.41) is 14.1. The van der Waals surface area contributed by atoms with Crippen molar-refractivity contribution in [3.8, 4) is 0 Å². The summed E-state index contributed by atoms with van der Waals surface area (Å²) in [4.78, 5) is 11.4. The fraction of sp³-hybridized carbons (Fsp3) is 0.286. The molecule has 1 N–H and O–H groups in total. The van der Waals surface area contributed by atoms with Crippen LogP contribution in [0, 0.1) is 10.1 Å². The van der Waals surface area contributed by atoms with Crippen molar-refractivity contribution in [2.45, 2.75) is 19.4 Å². The molecular formula is C14H15ClN2O2S. The van der Waals surface area contributed by atoms with Gasteiger partial charge in [-0.2, -0.15) is 0 Å². The Morgan fingerprint density at radius 2 is 2.00 bits per heavy atom. The maximum Gasteiger partial charge on any atom is 0.269 e. The van der Waals surface area contributed by atoms with Crippen LogP contribution in [-0.2, 0) is 6.42 Å². The van der Waals surface area contributed by atoms with Crippen LogP contribution in [0.15, 0.2) is 36.4 Å². The second kappa shape index (κ2) is 6.83. The topological polar surface area (TPSA) is 55.2 Å². The first-order chi connectivity index (χ1) is 9.60. The molecule has 0 radical (unpaired) electrons. The number of likely N-dealkylation sites (N-methyl/N-ethyl adjacent to an activating group) is 1. The maximum atomic E-state index is 10.6. The Kier molecular flexibility index (Phi) is 5.11. The molecule has 6 heteroatoms. The molecule has 1 aromatic heterocycles. The van der Waals surface area contributed by atoms with E-state index in [0.717, 1.165) is 22.9 Å². The molecule has 0 amide bonds. The van der Waals surface area contributed by atoms with Crippen LogP contribution in [0.3, 0.4) is 0 Å². The van der Waals surface area contributed by atoms with Gasteiger partial charge in [0, 0.05) is 23.1 Å². The molecular weight excluding hydrogens is 296 g/mol. The van der Waals surface area contributed by atoms with Gasteiger partial charge in [-0.1, -0.05) is 30.7 Å². The largest absolute Gasteiger partial charge is 0.309 e. The molecule has 20 heavy (non-hydrogen) atoms. The Labute approximate surface area is 126 Å². The Hall–Kier alpha value is -1.43. The second-order valence-electron chi connectivity index (χ2n) is 4.38. The SMILES string of the molecule is CCNC(Cc1ccc([N+](=O)[O-])cc1)c1ccc(Cl)s1. The van der Waals surface area contributed by atoms with Gasteiger partial charge in [0.25, 0.3) is 5.69 Å². The van der Waals surface area contributed by atoms with Crippen LogP contribution in [0.25, 0.3) is 0 Å². The second-order valence-corrected chi connectivity index (χ2v) is 6.13. The molecule has 1 atom stereocenters. The molecule has 2 aromatic rings. The lowest BCUT2D eigenvalue weighted by Crippen LogP contribution is -2.22. The maximum absolute atomic E-state index is 10.6. The standard InChI is InChI=1S/C14H15ClN2O2S/c1-2-16-12(13-7-8-14(15)20-13)9-10-3-5-11(6-4-10)17(18)19/h3-8,12,16H,2,9H2,1H3. The number of thiophene rings is 1. The number of rotatable bonds is 6. The zero-order valence-corrected chi connectivity index (χ0v) is 12.6. The number of hydrogen-bond donors (Lipinski definition) is 1. The van der Waals surface area contributed by atoms with E-state index in [1.807, 2.05) is 12.1 Å². The summed E-state index contributed by atoms with van der Waals surface area (Å²) in [6.07, 6.45) is 0.780. The molecule has 1 aromatic carbocycles. The van der Waals surface area contributed by atoms with Crippen molar-refractivity contribution in [2.75, 3.05) is 6.54 Å². The van der Waals surface area contributed by atoms with Crippen molar-refractivity contribution >= 4 is 28.6 Å². The first-order valence-electron chi connectivity index (χ1n) is 6.32. The molecule has 0 fully saturated rings. The Morgan fingerprint density at radius 3 is 2.50 bits per heavy atom. The predicted molar refractivity (Wildman–Crippen MR) is 82.5 cm³/mol. The van der Waals surface area contributed by atoms with Crippen molar-refractivity contribution in [1.29, 1.82) is 0 Å². The molecule has 1 unspecified atom stereocenters. The van der Waals surface area contributed by atoms with Crippen LogP contribution in [-0.4, -0.2) is 11.5 Å². The lowest BCUT2D eigenvalue weighted by Gasteiger charge is -2.16. The van der Waals surface area contributed by atoms with Gasteiger partial charge in [-0.25, -0.2) is 0 Å². The quantitative estimate of drug-likeness (QED) is 0.642. The van der Waals surface area contributed by atoms with Gasteiger partial charge in [0.2, 0.25) is 0 Å². The number of hydrogen-bond acceptors (Lipinski definition) is 4. The molecule has 0 saturated carbocycles. The molecule has 1 heterocycles. The van der Waals surface area contributed by atoms with E-state index in [9.17, 15) is 10.1 Å². The minimum atomic E-state index is -0.384. The van der Waals surface area contributed by atoms with Crippen LogP contribution in [0.5, 0.6) is 0 Å².